The molecule has 0 unspecified atom stereocenters. The van der Waals surface area contributed by atoms with Gasteiger partial charge < -0.3 is 24.8 Å². The summed E-state index contributed by atoms with van der Waals surface area (Å²) in [5.41, 5.74) is 3.40. The lowest BCUT2D eigenvalue weighted by molar-refractivity contribution is -0.136. The molecule has 3 aromatic rings. The largest absolute Gasteiger partial charge is 0.497 e. The van der Waals surface area contributed by atoms with E-state index in [9.17, 15) is 14.4 Å². The first-order chi connectivity index (χ1) is 19.0. The van der Waals surface area contributed by atoms with Crippen molar-refractivity contribution in [3.8, 4) is 5.75 Å². The summed E-state index contributed by atoms with van der Waals surface area (Å²) in [4.78, 5) is 44.3. The van der Waals surface area contributed by atoms with Crippen molar-refractivity contribution in [2.45, 2.75) is 19.4 Å². The third-order valence-corrected chi connectivity index (χ3v) is 7.21. The summed E-state index contributed by atoms with van der Waals surface area (Å²) < 4.78 is 5.18. The summed E-state index contributed by atoms with van der Waals surface area (Å²) >= 11 is 0. The monoisotopic (exact) mass is 526 g/mol. The molecule has 8 nitrogen and oxygen atoms in total. The fourth-order valence-corrected chi connectivity index (χ4v) is 4.82. The molecule has 39 heavy (non-hydrogen) atoms. The number of anilines is 2. The quantitative estimate of drug-likeness (QED) is 0.455. The number of nitrogens with one attached hydrogen (secondary N) is 1. The molecule has 1 N–H and O–H groups in total. The lowest BCUT2D eigenvalue weighted by atomic mass is 10.1. The van der Waals surface area contributed by atoms with Crippen LogP contribution in [-0.4, -0.2) is 67.4 Å². The molecule has 1 saturated heterocycles. The Labute approximate surface area is 229 Å². The maximum atomic E-state index is 12.9. The molecule has 1 saturated carbocycles. The van der Waals surface area contributed by atoms with Gasteiger partial charge in [0.15, 0.2) is 0 Å². The van der Waals surface area contributed by atoms with Crippen molar-refractivity contribution in [2.24, 2.45) is 5.92 Å². The van der Waals surface area contributed by atoms with Crippen molar-refractivity contribution in [1.82, 2.24) is 9.80 Å². The number of piperazine rings is 1. The molecule has 2 aliphatic rings. The topological polar surface area (TPSA) is 82.2 Å². The van der Waals surface area contributed by atoms with E-state index in [4.69, 9.17) is 4.74 Å². The van der Waals surface area contributed by atoms with Gasteiger partial charge in [-0.3, -0.25) is 14.4 Å². The fourth-order valence-electron chi connectivity index (χ4n) is 4.82. The van der Waals surface area contributed by atoms with Gasteiger partial charge >= 0.3 is 0 Å². The molecule has 3 aromatic carbocycles. The summed E-state index contributed by atoms with van der Waals surface area (Å²) in [6.45, 7) is 3.17. The second-order valence-corrected chi connectivity index (χ2v) is 10.1. The highest BCUT2D eigenvalue weighted by Crippen LogP contribution is 2.31. The Balaban J connectivity index is 1.13. The van der Waals surface area contributed by atoms with Crippen LogP contribution >= 0.6 is 0 Å². The minimum atomic E-state index is -0.210. The molecule has 0 atom stereocenters. The minimum Gasteiger partial charge on any atom is -0.497 e. The van der Waals surface area contributed by atoms with E-state index in [0.717, 1.165) is 42.9 Å². The SMILES string of the molecule is COc1ccc(C(=O)N2CCN(c3ccc(NC(=O)CN(Cc4ccccc4)C(=O)C4CC4)cc3)CC2)cc1. The van der Waals surface area contributed by atoms with Gasteiger partial charge in [0.1, 0.15) is 12.3 Å². The summed E-state index contributed by atoms with van der Waals surface area (Å²) in [6, 6.07) is 24.7. The first-order valence-corrected chi connectivity index (χ1v) is 13.4. The average Bonchev–Trinajstić information content (AvgIpc) is 3.83. The number of rotatable bonds is 9. The predicted octanol–water partition coefficient (Wildman–Crippen LogP) is 4.03. The maximum absolute atomic E-state index is 12.9. The van der Waals surface area contributed by atoms with E-state index in [0.29, 0.717) is 30.9 Å². The molecule has 0 radical (unpaired) electrons. The summed E-state index contributed by atoms with van der Waals surface area (Å²) in [5.74, 6) is 0.643. The van der Waals surface area contributed by atoms with E-state index in [2.05, 4.69) is 10.2 Å². The lowest BCUT2D eigenvalue weighted by Gasteiger charge is -2.36. The summed E-state index contributed by atoms with van der Waals surface area (Å²) in [6.07, 6.45) is 1.80. The maximum Gasteiger partial charge on any atom is 0.253 e. The lowest BCUT2D eigenvalue weighted by Crippen LogP contribution is -2.48. The predicted molar refractivity (Wildman–Crippen MR) is 151 cm³/mol. The van der Waals surface area contributed by atoms with Crippen molar-refractivity contribution < 1.29 is 19.1 Å². The number of hydrogen-bond donors (Lipinski definition) is 1. The van der Waals surface area contributed by atoms with E-state index in [1.54, 1.807) is 36.3 Å². The molecule has 1 heterocycles. The Hall–Kier alpha value is -4.33. The smallest absolute Gasteiger partial charge is 0.253 e. The van der Waals surface area contributed by atoms with Crippen LogP contribution in [0, 0.1) is 5.92 Å². The highest BCUT2D eigenvalue weighted by atomic mass is 16.5. The van der Waals surface area contributed by atoms with Crippen molar-refractivity contribution in [3.05, 3.63) is 90.0 Å². The Kier molecular flexibility index (Phi) is 8.10. The van der Waals surface area contributed by atoms with Gasteiger partial charge in [0.05, 0.1) is 7.11 Å². The molecule has 2 fully saturated rings. The van der Waals surface area contributed by atoms with Gasteiger partial charge in [0, 0.05) is 55.6 Å². The number of hydrogen-bond acceptors (Lipinski definition) is 5. The number of ether oxygens (including phenoxy) is 1. The van der Waals surface area contributed by atoms with E-state index in [1.165, 1.54) is 0 Å². The van der Waals surface area contributed by atoms with Crippen molar-refractivity contribution in [3.63, 3.8) is 0 Å². The van der Waals surface area contributed by atoms with Crippen LogP contribution in [0.5, 0.6) is 5.75 Å². The summed E-state index contributed by atoms with van der Waals surface area (Å²) in [5, 5.41) is 2.94. The molecule has 5 rings (SSSR count). The Morgan fingerprint density at radius 1 is 0.872 bits per heavy atom. The van der Waals surface area contributed by atoms with Crippen LogP contribution in [0.15, 0.2) is 78.9 Å². The van der Waals surface area contributed by atoms with Crippen LogP contribution in [0.25, 0.3) is 0 Å². The van der Waals surface area contributed by atoms with Crippen LogP contribution < -0.4 is 15.0 Å². The van der Waals surface area contributed by atoms with Gasteiger partial charge in [-0.05, 0) is 66.9 Å². The first kappa shape index (κ1) is 26.3. The third-order valence-electron chi connectivity index (χ3n) is 7.21. The standard InChI is InChI=1S/C31H34N4O4/c1-39-28-15-9-25(10-16-28)30(37)34-19-17-33(18-20-34)27-13-11-26(12-14-27)32-29(36)22-35(31(38)24-7-8-24)21-23-5-3-2-4-6-23/h2-6,9-16,24H,7-8,17-22H2,1H3,(H,32,36). The second-order valence-electron chi connectivity index (χ2n) is 10.1. The average molecular weight is 527 g/mol. The molecule has 3 amide bonds. The fraction of sp³-hybridized carbons (Fsp3) is 0.323. The molecule has 1 aliphatic heterocycles. The van der Waals surface area contributed by atoms with E-state index in [1.807, 2.05) is 59.5 Å². The number of nitrogens with zero attached hydrogens (tertiary/aromatic N) is 3. The minimum absolute atomic E-state index is 0.0240. The molecule has 1 aliphatic carbocycles. The van der Waals surface area contributed by atoms with Gasteiger partial charge in [-0.15, -0.1) is 0 Å². The van der Waals surface area contributed by atoms with Gasteiger partial charge in [-0.2, -0.15) is 0 Å². The highest BCUT2D eigenvalue weighted by molar-refractivity contribution is 5.95. The second kappa shape index (κ2) is 12.0. The molecular formula is C31H34N4O4. The van der Waals surface area contributed by atoms with Gasteiger partial charge in [0.25, 0.3) is 5.91 Å². The first-order valence-electron chi connectivity index (χ1n) is 13.4. The third kappa shape index (κ3) is 6.76. The number of methoxy groups -OCH3 is 1. The van der Waals surface area contributed by atoms with E-state index in [-0.39, 0.29) is 30.2 Å². The Morgan fingerprint density at radius 3 is 2.15 bits per heavy atom. The van der Waals surface area contributed by atoms with Crippen LogP contribution in [-0.2, 0) is 16.1 Å². The van der Waals surface area contributed by atoms with Crippen LogP contribution in [0.1, 0.15) is 28.8 Å². The normalized spacial score (nSPS) is 15.0. The summed E-state index contributed by atoms with van der Waals surface area (Å²) in [7, 11) is 1.61. The van der Waals surface area contributed by atoms with Gasteiger partial charge in [-0.1, -0.05) is 30.3 Å². The zero-order chi connectivity index (χ0) is 27.2. The van der Waals surface area contributed by atoms with Crippen LogP contribution in [0.4, 0.5) is 11.4 Å². The van der Waals surface area contributed by atoms with Crippen molar-refractivity contribution >= 4 is 29.1 Å². The van der Waals surface area contributed by atoms with Crippen LogP contribution in [0.3, 0.4) is 0 Å². The number of amides is 3. The molecular weight excluding hydrogens is 492 g/mol. The van der Waals surface area contributed by atoms with Gasteiger partial charge in [-0.25, -0.2) is 0 Å². The van der Waals surface area contributed by atoms with Crippen molar-refractivity contribution in [2.75, 3.05) is 50.1 Å². The van der Waals surface area contributed by atoms with Crippen molar-refractivity contribution in [1.29, 1.82) is 0 Å². The Morgan fingerprint density at radius 2 is 1.54 bits per heavy atom. The van der Waals surface area contributed by atoms with E-state index < -0.39 is 0 Å². The van der Waals surface area contributed by atoms with Gasteiger partial charge in [0.2, 0.25) is 11.8 Å². The number of benzene rings is 3. The molecule has 0 aromatic heterocycles. The molecule has 0 bridgehead atoms. The molecule has 202 valence electrons. The number of carbonyl (C=O) groups excluding carboxylic acids is 3. The van der Waals surface area contributed by atoms with Crippen LogP contribution in [0.2, 0.25) is 0 Å². The molecule has 8 heteroatoms. The number of carbonyl (C=O) groups is 3. The highest BCUT2D eigenvalue weighted by Gasteiger charge is 2.34. The molecule has 0 spiro atoms. The zero-order valence-corrected chi connectivity index (χ0v) is 22.2. The zero-order valence-electron chi connectivity index (χ0n) is 22.2. The van der Waals surface area contributed by atoms with E-state index >= 15 is 0 Å². The Bertz CT molecular complexity index is 1280.